The summed E-state index contributed by atoms with van der Waals surface area (Å²) in [5.74, 6) is 0.436. The summed E-state index contributed by atoms with van der Waals surface area (Å²) in [7, 11) is 0. The van der Waals surface area contributed by atoms with Crippen LogP contribution in [0, 0.1) is 11.3 Å². The molecule has 2 atom stereocenters. The molecule has 1 saturated heterocycles. The number of carbonyl (C=O) groups is 3. The summed E-state index contributed by atoms with van der Waals surface area (Å²) in [6.07, 6.45) is 4.03. The standard InChI is InChI=1S/C22H39N3O4/c1-14-8-10-15(11-9-14)25(19(27)21(2,3)4)16-12-17(23-13-16)18(26)24-20(28)29-22(5,6)7/h14-17,23H,8-13H2,1-7H3,(H,24,26,28)/t14?,15?,16-,17-/m0/s1. The average molecular weight is 410 g/mol. The molecular formula is C22H39N3O4. The molecule has 2 fully saturated rings. The molecule has 1 heterocycles. The molecule has 0 radical (unpaired) electrons. The van der Waals surface area contributed by atoms with Crippen LogP contribution >= 0.6 is 0 Å². The SMILES string of the molecule is CC1CCC(N(C(=O)C(C)(C)C)[C@@H]2CN[C@H](C(=O)NC(=O)OC(C)(C)C)C2)CC1. The van der Waals surface area contributed by atoms with Crippen LogP contribution in [0.25, 0.3) is 0 Å². The minimum absolute atomic E-state index is 0.0467. The third kappa shape index (κ3) is 6.69. The van der Waals surface area contributed by atoms with Gasteiger partial charge in [-0.2, -0.15) is 0 Å². The number of hydrogen-bond donors (Lipinski definition) is 2. The molecular weight excluding hydrogens is 370 g/mol. The Morgan fingerprint density at radius 2 is 1.55 bits per heavy atom. The molecule has 0 aromatic carbocycles. The van der Waals surface area contributed by atoms with Crippen LogP contribution in [-0.4, -0.2) is 53.1 Å². The Labute approximate surface area is 175 Å². The second-order valence-corrected chi connectivity index (χ2v) is 10.7. The Morgan fingerprint density at radius 3 is 2.07 bits per heavy atom. The highest BCUT2D eigenvalue weighted by molar-refractivity contribution is 5.95. The zero-order chi connectivity index (χ0) is 22.0. The fourth-order valence-electron chi connectivity index (χ4n) is 4.16. The van der Waals surface area contributed by atoms with Crippen LogP contribution < -0.4 is 10.6 Å². The van der Waals surface area contributed by atoms with E-state index in [1.54, 1.807) is 20.8 Å². The third-order valence-corrected chi connectivity index (χ3v) is 5.70. The van der Waals surface area contributed by atoms with Gasteiger partial charge in [0.05, 0.1) is 6.04 Å². The van der Waals surface area contributed by atoms with Crippen molar-refractivity contribution in [1.29, 1.82) is 0 Å². The molecule has 1 aliphatic heterocycles. The maximum absolute atomic E-state index is 13.3. The quantitative estimate of drug-likeness (QED) is 0.747. The van der Waals surface area contributed by atoms with Crippen molar-refractivity contribution >= 4 is 17.9 Å². The van der Waals surface area contributed by atoms with Gasteiger partial charge in [0.25, 0.3) is 0 Å². The first-order valence-electron chi connectivity index (χ1n) is 10.9. The molecule has 2 rings (SSSR count). The van der Waals surface area contributed by atoms with Crippen molar-refractivity contribution in [2.45, 2.75) is 104 Å². The summed E-state index contributed by atoms with van der Waals surface area (Å²) < 4.78 is 5.17. The highest BCUT2D eigenvalue weighted by Crippen LogP contribution is 2.33. The lowest BCUT2D eigenvalue weighted by molar-refractivity contribution is -0.145. The van der Waals surface area contributed by atoms with E-state index in [2.05, 4.69) is 17.6 Å². The van der Waals surface area contributed by atoms with Gasteiger partial charge >= 0.3 is 6.09 Å². The summed E-state index contributed by atoms with van der Waals surface area (Å²) in [5, 5.41) is 5.51. The first-order chi connectivity index (χ1) is 13.3. The first-order valence-corrected chi connectivity index (χ1v) is 10.9. The molecule has 3 amide bonds. The molecule has 0 unspecified atom stereocenters. The Bertz CT molecular complexity index is 613. The highest BCUT2D eigenvalue weighted by Gasteiger charge is 2.42. The Morgan fingerprint density at radius 1 is 0.966 bits per heavy atom. The molecule has 0 spiro atoms. The van der Waals surface area contributed by atoms with Gasteiger partial charge in [0.2, 0.25) is 11.8 Å². The van der Waals surface area contributed by atoms with Crippen LogP contribution in [0.5, 0.6) is 0 Å². The molecule has 1 aliphatic carbocycles. The molecule has 1 saturated carbocycles. The van der Waals surface area contributed by atoms with Crippen molar-refractivity contribution in [3.8, 4) is 0 Å². The number of hydrogen-bond acceptors (Lipinski definition) is 5. The zero-order valence-corrected chi connectivity index (χ0v) is 19.1. The summed E-state index contributed by atoms with van der Waals surface area (Å²) in [4.78, 5) is 39.7. The van der Waals surface area contributed by atoms with E-state index in [9.17, 15) is 14.4 Å². The van der Waals surface area contributed by atoms with Crippen molar-refractivity contribution in [3.05, 3.63) is 0 Å². The van der Waals surface area contributed by atoms with Crippen molar-refractivity contribution in [3.63, 3.8) is 0 Å². The van der Waals surface area contributed by atoms with Crippen molar-refractivity contribution in [2.24, 2.45) is 11.3 Å². The molecule has 2 aliphatic rings. The van der Waals surface area contributed by atoms with Gasteiger partial charge in [-0.3, -0.25) is 14.9 Å². The van der Waals surface area contributed by atoms with Crippen LogP contribution in [0.15, 0.2) is 0 Å². The van der Waals surface area contributed by atoms with E-state index < -0.39 is 29.1 Å². The normalized spacial score (nSPS) is 28.0. The second kappa shape index (κ2) is 9.02. The number of rotatable bonds is 3. The highest BCUT2D eigenvalue weighted by atomic mass is 16.6. The van der Waals surface area contributed by atoms with Crippen LogP contribution in [0.3, 0.4) is 0 Å². The van der Waals surface area contributed by atoms with E-state index in [1.165, 1.54) is 0 Å². The summed E-state index contributed by atoms with van der Waals surface area (Å²) >= 11 is 0. The van der Waals surface area contributed by atoms with Gasteiger partial charge in [0.1, 0.15) is 5.60 Å². The van der Waals surface area contributed by atoms with Crippen LogP contribution in [0.2, 0.25) is 0 Å². The van der Waals surface area contributed by atoms with Gasteiger partial charge in [0.15, 0.2) is 0 Å². The predicted octanol–water partition coefficient (Wildman–Crippen LogP) is 3.22. The number of alkyl carbamates (subject to hydrolysis) is 1. The molecule has 0 aromatic heterocycles. The van der Waals surface area contributed by atoms with E-state index in [0.29, 0.717) is 18.9 Å². The molecule has 0 aromatic rings. The van der Waals surface area contributed by atoms with Crippen LogP contribution in [0.1, 0.15) is 80.6 Å². The number of nitrogens with one attached hydrogen (secondary N) is 2. The smallest absolute Gasteiger partial charge is 0.414 e. The largest absolute Gasteiger partial charge is 0.444 e. The van der Waals surface area contributed by atoms with Gasteiger partial charge in [-0.15, -0.1) is 0 Å². The summed E-state index contributed by atoms with van der Waals surface area (Å²) in [5.41, 5.74) is -1.13. The van der Waals surface area contributed by atoms with E-state index >= 15 is 0 Å². The van der Waals surface area contributed by atoms with Crippen LogP contribution in [0.4, 0.5) is 4.79 Å². The van der Waals surface area contributed by atoms with Gasteiger partial charge < -0.3 is 15.0 Å². The molecule has 29 heavy (non-hydrogen) atoms. The average Bonchev–Trinajstić information content (AvgIpc) is 3.04. The minimum atomic E-state index is -0.739. The Kier molecular flexibility index (Phi) is 7.36. The number of carbonyl (C=O) groups excluding carboxylic acids is 3. The predicted molar refractivity (Wildman–Crippen MR) is 112 cm³/mol. The van der Waals surface area contributed by atoms with E-state index in [0.717, 1.165) is 25.7 Å². The topological polar surface area (TPSA) is 87.7 Å². The minimum Gasteiger partial charge on any atom is -0.444 e. The van der Waals surface area contributed by atoms with Crippen molar-refractivity contribution in [2.75, 3.05) is 6.54 Å². The van der Waals surface area contributed by atoms with E-state index in [1.807, 2.05) is 25.7 Å². The number of amides is 3. The summed E-state index contributed by atoms with van der Waals surface area (Å²) in [6.45, 7) is 13.9. The number of ether oxygens (including phenoxy) is 1. The molecule has 166 valence electrons. The second-order valence-electron chi connectivity index (χ2n) is 10.7. The molecule has 0 bridgehead atoms. The molecule has 7 heteroatoms. The lowest BCUT2D eigenvalue weighted by Gasteiger charge is -2.42. The fourth-order valence-corrected chi connectivity index (χ4v) is 4.16. The van der Waals surface area contributed by atoms with Crippen molar-refractivity contribution in [1.82, 2.24) is 15.5 Å². The monoisotopic (exact) mass is 409 g/mol. The number of nitrogens with zero attached hydrogens (tertiary/aromatic N) is 1. The van der Waals surface area contributed by atoms with Gasteiger partial charge in [0, 0.05) is 24.0 Å². The van der Waals surface area contributed by atoms with E-state index in [4.69, 9.17) is 4.74 Å². The number of imide groups is 1. The van der Waals surface area contributed by atoms with Crippen LogP contribution in [-0.2, 0) is 14.3 Å². The lowest BCUT2D eigenvalue weighted by Crippen LogP contribution is -2.53. The maximum atomic E-state index is 13.3. The Hall–Kier alpha value is -1.63. The Balaban J connectivity index is 2.05. The third-order valence-electron chi connectivity index (χ3n) is 5.70. The first kappa shape index (κ1) is 23.6. The fraction of sp³-hybridized carbons (Fsp3) is 0.864. The van der Waals surface area contributed by atoms with Gasteiger partial charge in [-0.05, 0) is 58.8 Å². The van der Waals surface area contributed by atoms with Gasteiger partial charge in [-0.1, -0.05) is 27.7 Å². The van der Waals surface area contributed by atoms with E-state index in [-0.39, 0.29) is 18.0 Å². The molecule has 2 N–H and O–H groups in total. The molecule has 7 nitrogen and oxygen atoms in total. The lowest BCUT2D eigenvalue weighted by atomic mass is 9.84. The zero-order valence-electron chi connectivity index (χ0n) is 19.1. The van der Waals surface area contributed by atoms with Crippen molar-refractivity contribution < 1.29 is 19.1 Å². The summed E-state index contributed by atoms with van der Waals surface area (Å²) in [6, 6.07) is -0.336. The maximum Gasteiger partial charge on any atom is 0.414 e. The van der Waals surface area contributed by atoms with Gasteiger partial charge in [-0.25, -0.2) is 4.79 Å².